The van der Waals surface area contributed by atoms with E-state index in [1.165, 1.54) is 0 Å². The molecule has 0 rings (SSSR count). The normalized spacial score (nSPS) is 14.9. The van der Waals surface area contributed by atoms with Crippen molar-refractivity contribution in [2.75, 3.05) is 0 Å². The van der Waals surface area contributed by atoms with Crippen molar-refractivity contribution in [1.82, 2.24) is 5.32 Å². The van der Waals surface area contributed by atoms with Gasteiger partial charge in [0.15, 0.2) is 0 Å². The van der Waals surface area contributed by atoms with Crippen LogP contribution in [0, 0.1) is 0 Å². The van der Waals surface area contributed by atoms with Crippen LogP contribution < -0.4 is 5.32 Å². The molecule has 0 bridgehead atoms. The first kappa shape index (κ1) is 13.6. The van der Waals surface area contributed by atoms with E-state index >= 15 is 0 Å². The van der Waals surface area contributed by atoms with E-state index in [-0.39, 0.29) is 18.4 Å². The van der Waals surface area contributed by atoms with Gasteiger partial charge in [-0.25, -0.2) is 0 Å². The van der Waals surface area contributed by atoms with E-state index in [9.17, 15) is 9.59 Å². The fourth-order valence-electron chi connectivity index (χ4n) is 0.800. The smallest absolute Gasteiger partial charge is 0.316 e. The highest BCUT2D eigenvalue weighted by molar-refractivity contribution is 7.82. The highest BCUT2D eigenvalue weighted by Gasteiger charge is 2.21. The topological polar surface area (TPSA) is 66.4 Å². The van der Waals surface area contributed by atoms with Crippen LogP contribution in [0.5, 0.6) is 0 Å². The van der Waals surface area contributed by atoms with E-state index in [4.69, 9.17) is 5.11 Å². The van der Waals surface area contributed by atoms with E-state index in [1.54, 1.807) is 0 Å². The van der Waals surface area contributed by atoms with Gasteiger partial charge in [0.05, 0.1) is 5.25 Å². The number of carbonyl (C=O) groups excluding carboxylic acids is 1. The number of hydrogen-bond donors (Lipinski definition) is 4. The van der Waals surface area contributed by atoms with Gasteiger partial charge in [0.2, 0.25) is 5.91 Å². The molecule has 0 aliphatic heterocycles. The molecule has 0 heterocycles. The number of nitrogens with one attached hydrogen (secondary N) is 1. The summed E-state index contributed by atoms with van der Waals surface area (Å²) in [5, 5.41) is 9.72. The Labute approximate surface area is 94.3 Å². The molecule has 2 unspecified atom stereocenters. The highest BCUT2D eigenvalue weighted by Crippen LogP contribution is 2.10. The second kappa shape index (κ2) is 6.19. The lowest BCUT2D eigenvalue weighted by Gasteiger charge is -2.15. The summed E-state index contributed by atoms with van der Waals surface area (Å²) < 4.78 is 0. The lowest BCUT2D eigenvalue weighted by Crippen LogP contribution is -2.38. The number of amides is 1. The maximum absolute atomic E-state index is 11.3. The molecule has 1 amide bonds. The van der Waals surface area contributed by atoms with Gasteiger partial charge >= 0.3 is 5.97 Å². The third-order valence-electron chi connectivity index (χ3n) is 1.47. The predicted octanol–water partition coefficient (Wildman–Crippen LogP) is 0.582. The first-order chi connectivity index (χ1) is 6.34. The Morgan fingerprint density at radius 1 is 1.29 bits per heavy atom. The second-order valence-corrected chi connectivity index (χ2v) is 4.52. The van der Waals surface area contributed by atoms with Crippen molar-refractivity contribution in [2.24, 2.45) is 0 Å². The SMILES string of the molecule is CC(C)NC(=O)C(S)CC(S)C(=O)O. The molecule has 0 aliphatic rings. The average Bonchev–Trinajstić information content (AvgIpc) is 2.02. The summed E-state index contributed by atoms with van der Waals surface area (Å²) in [5.41, 5.74) is 0. The Balaban J connectivity index is 4.01. The highest BCUT2D eigenvalue weighted by atomic mass is 32.1. The van der Waals surface area contributed by atoms with Crippen LogP contribution in [0.4, 0.5) is 0 Å². The standard InChI is InChI=1S/C8H15NO3S2/c1-4(2)9-7(10)5(13)3-6(14)8(11)12/h4-6,13-14H,3H2,1-2H3,(H,9,10)(H,11,12). The van der Waals surface area contributed by atoms with Gasteiger partial charge in [0.25, 0.3) is 0 Å². The van der Waals surface area contributed by atoms with Crippen molar-refractivity contribution in [1.29, 1.82) is 0 Å². The number of aliphatic carboxylic acids is 1. The summed E-state index contributed by atoms with van der Waals surface area (Å²) in [5.74, 6) is -1.30. The van der Waals surface area contributed by atoms with Crippen LogP contribution in [0.2, 0.25) is 0 Å². The van der Waals surface area contributed by atoms with Crippen molar-refractivity contribution in [3.8, 4) is 0 Å². The fraction of sp³-hybridized carbons (Fsp3) is 0.750. The van der Waals surface area contributed by atoms with E-state index in [0.29, 0.717) is 0 Å². The molecule has 2 N–H and O–H groups in total. The minimum atomic E-state index is -1.04. The summed E-state index contributed by atoms with van der Waals surface area (Å²) in [6.07, 6.45) is 0.111. The Hall–Kier alpha value is -0.360. The predicted molar refractivity (Wildman–Crippen MR) is 61.1 cm³/mol. The Morgan fingerprint density at radius 2 is 1.79 bits per heavy atom. The van der Waals surface area contributed by atoms with Gasteiger partial charge in [-0.05, 0) is 20.3 Å². The molecular formula is C8H15NO3S2. The van der Waals surface area contributed by atoms with Gasteiger partial charge in [0, 0.05) is 6.04 Å². The van der Waals surface area contributed by atoms with Crippen LogP contribution >= 0.6 is 25.3 Å². The summed E-state index contributed by atoms with van der Waals surface area (Å²) in [6, 6.07) is 0.0281. The molecule has 4 nitrogen and oxygen atoms in total. The molecule has 0 aromatic carbocycles. The number of rotatable bonds is 5. The zero-order valence-electron chi connectivity index (χ0n) is 8.10. The van der Waals surface area contributed by atoms with Crippen LogP contribution in [-0.4, -0.2) is 33.5 Å². The van der Waals surface area contributed by atoms with Crippen LogP contribution in [0.1, 0.15) is 20.3 Å². The van der Waals surface area contributed by atoms with Crippen molar-refractivity contribution in [3.05, 3.63) is 0 Å². The number of carbonyl (C=O) groups is 2. The molecule has 0 aromatic heterocycles. The molecule has 82 valence electrons. The van der Waals surface area contributed by atoms with E-state index < -0.39 is 16.5 Å². The summed E-state index contributed by atoms with van der Waals surface area (Å²) in [6.45, 7) is 3.65. The van der Waals surface area contributed by atoms with Crippen LogP contribution in [-0.2, 0) is 9.59 Å². The Morgan fingerprint density at radius 3 is 2.14 bits per heavy atom. The Kier molecular flexibility index (Phi) is 6.03. The lowest BCUT2D eigenvalue weighted by molar-refractivity contribution is -0.136. The van der Waals surface area contributed by atoms with Gasteiger partial charge in [0.1, 0.15) is 5.25 Å². The molecule has 6 heteroatoms. The minimum absolute atomic E-state index is 0.0281. The summed E-state index contributed by atoms with van der Waals surface area (Å²) >= 11 is 7.83. The van der Waals surface area contributed by atoms with Crippen LogP contribution in [0.3, 0.4) is 0 Å². The molecule has 14 heavy (non-hydrogen) atoms. The second-order valence-electron chi connectivity index (χ2n) is 3.27. The van der Waals surface area contributed by atoms with E-state index in [1.807, 2.05) is 13.8 Å². The summed E-state index contributed by atoms with van der Waals surface area (Å²) in [4.78, 5) is 21.7. The molecule has 0 fully saturated rings. The van der Waals surface area contributed by atoms with Gasteiger partial charge in [-0.1, -0.05) is 0 Å². The largest absolute Gasteiger partial charge is 0.480 e. The number of thiol groups is 2. The maximum Gasteiger partial charge on any atom is 0.316 e. The van der Waals surface area contributed by atoms with Crippen molar-refractivity contribution < 1.29 is 14.7 Å². The zero-order chi connectivity index (χ0) is 11.3. The van der Waals surface area contributed by atoms with Gasteiger partial charge in [-0.2, -0.15) is 25.3 Å². The lowest BCUT2D eigenvalue weighted by atomic mass is 10.2. The molecule has 0 spiro atoms. The summed E-state index contributed by atoms with van der Waals surface area (Å²) in [7, 11) is 0. The van der Waals surface area contributed by atoms with Crippen LogP contribution in [0.15, 0.2) is 0 Å². The molecule has 0 saturated carbocycles. The molecule has 0 aliphatic carbocycles. The van der Waals surface area contributed by atoms with Crippen molar-refractivity contribution in [3.63, 3.8) is 0 Å². The monoisotopic (exact) mass is 237 g/mol. The fourth-order valence-corrected chi connectivity index (χ4v) is 1.46. The average molecular weight is 237 g/mol. The van der Waals surface area contributed by atoms with E-state index in [0.717, 1.165) is 0 Å². The molecule has 0 radical (unpaired) electrons. The molecule has 0 aromatic rings. The number of hydrogen-bond acceptors (Lipinski definition) is 4. The van der Waals surface area contributed by atoms with Crippen molar-refractivity contribution >= 4 is 37.1 Å². The molecular weight excluding hydrogens is 222 g/mol. The van der Waals surface area contributed by atoms with Crippen LogP contribution in [0.25, 0.3) is 0 Å². The van der Waals surface area contributed by atoms with E-state index in [2.05, 4.69) is 30.6 Å². The Bertz CT molecular complexity index is 221. The molecule has 0 saturated heterocycles. The first-order valence-corrected chi connectivity index (χ1v) is 5.27. The third kappa shape index (κ3) is 5.39. The van der Waals surface area contributed by atoms with Gasteiger partial charge in [-0.15, -0.1) is 0 Å². The number of carboxylic acid groups (broad SMARTS) is 1. The number of carboxylic acids is 1. The zero-order valence-corrected chi connectivity index (χ0v) is 9.89. The van der Waals surface area contributed by atoms with Gasteiger partial charge < -0.3 is 10.4 Å². The molecule has 2 atom stereocenters. The van der Waals surface area contributed by atoms with Gasteiger partial charge in [-0.3, -0.25) is 9.59 Å². The quantitative estimate of drug-likeness (QED) is 0.529. The first-order valence-electron chi connectivity index (χ1n) is 4.24. The minimum Gasteiger partial charge on any atom is -0.480 e. The maximum atomic E-state index is 11.3. The third-order valence-corrected chi connectivity index (χ3v) is 2.34. The van der Waals surface area contributed by atoms with Crippen molar-refractivity contribution in [2.45, 2.75) is 36.8 Å².